The number of thiazole rings is 1. The highest BCUT2D eigenvalue weighted by Gasteiger charge is 2.15. The number of aromatic nitrogens is 1. The maximum Gasteiger partial charge on any atom is 0.329 e. The number of methoxy groups -OCH3 is 1. The number of hydrogen-bond acceptors (Lipinski definition) is 6. The molecule has 3 aromatic rings. The third-order valence-electron chi connectivity index (χ3n) is 3.22. The predicted molar refractivity (Wildman–Crippen MR) is 97.0 cm³/mol. The molecule has 2 aromatic carbocycles. The molecule has 126 valence electrons. The Labute approximate surface area is 147 Å². The smallest absolute Gasteiger partial charge is 0.329 e. The van der Waals surface area contributed by atoms with E-state index in [9.17, 15) is 9.59 Å². The summed E-state index contributed by atoms with van der Waals surface area (Å²) in [5.74, 6) is -0.980. The largest absolute Gasteiger partial charge is 0.497 e. The summed E-state index contributed by atoms with van der Waals surface area (Å²) < 4.78 is 5.98. The SMILES string of the molecule is COc1ccc(C=NNC(=O)C(=O)Nc2nc3ccccc3s2)cc1. The molecular formula is C17H14N4O3S. The minimum Gasteiger partial charge on any atom is -0.497 e. The van der Waals surface area contributed by atoms with E-state index in [4.69, 9.17) is 4.74 Å². The fourth-order valence-corrected chi connectivity index (χ4v) is 2.85. The number of hydrogen-bond donors (Lipinski definition) is 2. The van der Waals surface area contributed by atoms with Crippen LogP contribution in [0, 0.1) is 0 Å². The Balaban J connectivity index is 1.56. The van der Waals surface area contributed by atoms with E-state index in [-0.39, 0.29) is 0 Å². The number of rotatable bonds is 4. The van der Waals surface area contributed by atoms with Gasteiger partial charge in [-0.25, -0.2) is 10.4 Å². The zero-order valence-corrected chi connectivity index (χ0v) is 14.0. The average molecular weight is 354 g/mol. The fraction of sp³-hybridized carbons (Fsp3) is 0.0588. The number of carbonyl (C=O) groups excluding carboxylic acids is 2. The van der Waals surface area contributed by atoms with Crippen LogP contribution in [0.15, 0.2) is 53.6 Å². The second kappa shape index (κ2) is 7.54. The lowest BCUT2D eigenvalue weighted by molar-refractivity contribution is -0.136. The summed E-state index contributed by atoms with van der Waals surface area (Å²) in [7, 11) is 1.58. The first-order valence-corrected chi connectivity index (χ1v) is 8.11. The molecule has 0 aliphatic heterocycles. The molecule has 25 heavy (non-hydrogen) atoms. The number of carbonyl (C=O) groups is 2. The van der Waals surface area contributed by atoms with E-state index in [0.717, 1.165) is 21.5 Å². The number of benzene rings is 2. The van der Waals surface area contributed by atoms with E-state index in [0.29, 0.717) is 5.13 Å². The standard InChI is InChI=1S/C17H14N4O3S/c1-24-12-8-6-11(7-9-12)10-18-21-16(23)15(22)20-17-19-13-4-2-3-5-14(13)25-17/h2-10H,1H3,(H,21,23)(H,19,20,22). The Morgan fingerprint density at radius 1 is 1.12 bits per heavy atom. The predicted octanol–water partition coefficient (Wildman–Crippen LogP) is 2.39. The Morgan fingerprint density at radius 3 is 2.60 bits per heavy atom. The molecule has 2 N–H and O–H groups in total. The molecule has 0 fully saturated rings. The second-order valence-electron chi connectivity index (χ2n) is 4.91. The van der Waals surface area contributed by atoms with Gasteiger partial charge in [0.05, 0.1) is 23.5 Å². The summed E-state index contributed by atoms with van der Waals surface area (Å²) in [6.45, 7) is 0. The molecule has 1 aromatic heterocycles. The maximum absolute atomic E-state index is 11.9. The van der Waals surface area contributed by atoms with Crippen molar-refractivity contribution in [1.29, 1.82) is 0 Å². The normalized spacial score (nSPS) is 10.8. The molecule has 0 atom stereocenters. The summed E-state index contributed by atoms with van der Waals surface area (Å²) in [5, 5.41) is 6.58. The van der Waals surface area contributed by atoms with Crippen molar-refractivity contribution in [3.8, 4) is 5.75 Å². The van der Waals surface area contributed by atoms with Gasteiger partial charge in [-0.2, -0.15) is 5.10 Å². The summed E-state index contributed by atoms with van der Waals surface area (Å²) in [6, 6.07) is 14.5. The lowest BCUT2D eigenvalue weighted by Gasteiger charge is -2.00. The van der Waals surface area contributed by atoms with Crippen LogP contribution < -0.4 is 15.5 Å². The number of amides is 2. The van der Waals surface area contributed by atoms with Crippen LogP contribution in [-0.4, -0.2) is 30.1 Å². The monoisotopic (exact) mass is 354 g/mol. The van der Waals surface area contributed by atoms with Crippen molar-refractivity contribution in [2.24, 2.45) is 5.10 Å². The van der Waals surface area contributed by atoms with E-state index in [2.05, 4.69) is 20.8 Å². The van der Waals surface area contributed by atoms with Crippen molar-refractivity contribution in [3.05, 3.63) is 54.1 Å². The van der Waals surface area contributed by atoms with E-state index in [1.807, 2.05) is 24.3 Å². The first kappa shape index (κ1) is 16.6. The first-order chi connectivity index (χ1) is 12.2. The Kier molecular flexibility index (Phi) is 5.00. The highest BCUT2D eigenvalue weighted by atomic mass is 32.1. The summed E-state index contributed by atoms with van der Waals surface area (Å²) in [5.41, 5.74) is 3.70. The van der Waals surface area contributed by atoms with Crippen molar-refractivity contribution >= 4 is 44.7 Å². The zero-order chi connectivity index (χ0) is 17.6. The lowest BCUT2D eigenvalue weighted by atomic mass is 10.2. The highest BCUT2D eigenvalue weighted by molar-refractivity contribution is 7.22. The van der Waals surface area contributed by atoms with Crippen LogP contribution in [0.4, 0.5) is 5.13 Å². The third kappa shape index (κ3) is 4.18. The van der Waals surface area contributed by atoms with Gasteiger partial charge in [0.1, 0.15) is 5.75 Å². The van der Waals surface area contributed by atoms with E-state index < -0.39 is 11.8 Å². The minimum atomic E-state index is -0.871. The number of hydrazone groups is 1. The number of para-hydroxylation sites is 1. The van der Waals surface area contributed by atoms with E-state index in [1.54, 1.807) is 31.4 Å². The van der Waals surface area contributed by atoms with Crippen LogP contribution in [0.1, 0.15) is 5.56 Å². The second-order valence-corrected chi connectivity index (χ2v) is 5.94. The number of fused-ring (bicyclic) bond motifs is 1. The molecule has 0 spiro atoms. The van der Waals surface area contributed by atoms with Crippen molar-refractivity contribution in [3.63, 3.8) is 0 Å². The van der Waals surface area contributed by atoms with E-state index in [1.165, 1.54) is 17.6 Å². The van der Waals surface area contributed by atoms with Crippen molar-refractivity contribution in [2.45, 2.75) is 0 Å². The number of nitrogens with one attached hydrogen (secondary N) is 2. The maximum atomic E-state index is 11.9. The van der Waals surface area contributed by atoms with Gasteiger partial charge in [-0.05, 0) is 42.0 Å². The molecule has 0 saturated carbocycles. The van der Waals surface area contributed by atoms with Gasteiger partial charge >= 0.3 is 11.8 Å². The molecule has 3 rings (SSSR count). The molecule has 0 saturated heterocycles. The van der Waals surface area contributed by atoms with Gasteiger partial charge in [0.15, 0.2) is 5.13 Å². The number of nitrogens with zero attached hydrogens (tertiary/aromatic N) is 2. The molecule has 7 nitrogen and oxygen atoms in total. The zero-order valence-electron chi connectivity index (χ0n) is 13.2. The van der Waals surface area contributed by atoms with Crippen molar-refractivity contribution in [2.75, 3.05) is 12.4 Å². The molecule has 8 heteroatoms. The van der Waals surface area contributed by atoms with Gasteiger partial charge in [-0.1, -0.05) is 23.5 Å². The van der Waals surface area contributed by atoms with Gasteiger partial charge in [0, 0.05) is 0 Å². The van der Waals surface area contributed by atoms with Gasteiger partial charge in [-0.3, -0.25) is 14.9 Å². The molecule has 1 heterocycles. The third-order valence-corrected chi connectivity index (χ3v) is 4.17. The lowest BCUT2D eigenvalue weighted by Crippen LogP contribution is -2.32. The van der Waals surface area contributed by atoms with Crippen LogP contribution in [0.3, 0.4) is 0 Å². The van der Waals surface area contributed by atoms with Gasteiger partial charge in [-0.15, -0.1) is 0 Å². The van der Waals surface area contributed by atoms with Crippen LogP contribution in [0.25, 0.3) is 10.2 Å². The van der Waals surface area contributed by atoms with Crippen molar-refractivity contribution < 1.29 is 14.3 Å². The molecule has 0 aliphatic carbocycles. The first-order valence-electron chi connectivity index (χ1n) is 7.30. The quantitative estimate of drug-likeness (QED) is 0.427. The molecule has 2 amide bonds. The highest BCUT2D eigenvalue weighted by Crippen LogP contribution is 2.25. The van der Waals surface area contributed by atoms with Crippen LogP contribution in [-0.2, 0) is 9.59 Å². The van der Waals surface area contributed by atoms with Gasteiger partial charge in [0.25, 0.3) is 0 Å². The number of ether oxygens (including phenoxy) is 1. The fourth-order valence-electron chi connectivity index (χ4n) is 1.99. The Hall–Kier alpha value is -3.26. The van der Waals surface area contributed by atoms with E-state index >= 15 is 0 Å². The van der Waals surface area contributed by atoms with Crippen molar-refractivity contribution in [1.82, 2.24) is 10.4 Å². The summed E-state index contributed by atoms with van der Waals surface area (Å²) in [6.07, 6.45) is 1.43. The van der Waals surface area contributed by atoms with Gasteiger partial charge < -0.3 is 4.74 Å². The molecular weight excluding hydrogens is 340 g/mol. The molecule has 0 aliphatic rings. The summed E-state index contributed by atoms with van der Waals surface area (Å²) >= 11 is 1.29. The number of anilines is 1. The van der Waals surface area contributed by atoms with Crippen LogP contribution in [0.5, 0.6) is 5.75 Å². The van der Waals surface area contributed by atoms with Gasteiger partial charge in [0.2, 0.25) is 0 Å². The topological polar surface area (TPSA) is 92.7 Å². The molecule has 0 bridgehead atoms. The Bertz CT molecular complexity index is 901. The molecule has 0 radical (unpaired) electrons. The van der Waals surface area contributed by atoms with Crippen LogP contribution >= 0.6 is 11.3 Å². The Morgan fingerprint density at radius 2 is 1.88 bits per heavy atom. The molecule has 0 unspecified atom stereocenters. The van der Waals surface area contributed by atoms with Crippen LogP contribution in [0.2, 0.25) is 0 Å². The minimum absolute atomic E-state index is 0.362. The average Bonchev–Trinajstić information content (AvgIpc) is 3.04. The summed E-state index contributed by atoms with van der Waals surface area (Å²) in [4.78, 5) is 27.9.